The van der Waals surface area contributed by atoms with Crippen molar-refractivity contribution in [3.05, 3.63) is 53.2 Å². The minimum atomic E-state index is 1.02. The summed E-state index contributed by atoms with van der Waals surface area (Å²) in [6, 6.07) is 8.67. The average Bonchev–Trinajstić information content (AvgIpc) is 3.22. The van der Waals surface area contributed by atoms with Crippen LogP contribution in [0.4, 0.5) is 0 Å². The Morgan fingerprint density at radius 3 is 3.09 bits per heavy atom. The Hall–Kier alpha value is -2.07. The maximum Gasteiger partial charge on any atom is 0.108 e. The molecular weight excluding hydrogens is 272 g/mol. The molecule has 0 bridgehead atoms. The van der Waals surface area contributed by atoms with E-state index in [-0.39, 0.29) is 0 Å². The van der Waals surface area contributed by atoms with Crippen LogP contribution in [-0.4, -0.2) is 26.0 Å². The van der Waals surface area contributed by atoms with Crippen LogP contribution in [0.1, 0.15) is 29.2 Å². The first-order valence-corrected chi connectivity index (χ1v) is 8.22. The van der Waals surface area contributed by atoms with Gasteiger partial charge in [-0.25, -0.2) is 4.98 Å². The molecule has 0 amide bonds. The molecule has 1 aromatic carbocycles. The van der Waals surface area contributed by atoms with Crippen LogP contribution < -0.4 is 0 Å². The highest BCUT2D eigenvalue weighted by Crippen LogP contribution is 2.28. The summed E-state index contributed by atoms with van der Waals surface area (Å²) in [5.74, 6) is 1.28. The smallest absolute Gasteiger partial charge is 0.108 e. The predicted molar refractivity (Wildman–Crippen MR) is 86.7 cm³/mol. The molecule has 0 fully saturated rings. The quantitative estimate of drug-likeness (QED) is 0.788. The Morgan fingerprint density at radius 1 is 1.14 bits per heavy atom. The van der Waals surface area contributed by atoms with E-state index in [0.717, 1.165) is 39.0 Å². The minimum absolute atomic E-state index is 1.02. The van der Waals surface area contributed by atoms with E-state index in [4.69, 9.17) is 0 Å². The molecule has 0 radical (unpaired) electrons. The lowest BCUT2D eigenvalue weighted by atomic mass is 10.0. The van der Waals surface area contributed by atoms with Crippen LogP contribution >= 0.6 is 0 Å². The number of hydrogen-bond acceptors (Lipinski definition) is 2. The highest BCUT2D eigenvalue weighted by Gasteiger charge is 2.23. The van der Waals surface area contributed by atoms with Crippen molar-refractivity contribution < 1.29 is 0 Å². The summed E-state index contributed by atoms with van der Waals surface area (Å²) in [5.41, 5.74) is 5.58. The molecule has 0 saturated heterocycles. The van der Waals surface area contributed by atoms with E-state index in [9.17, 15) is 0 Å². The fourth-order valence-electron chi connectivity index (χ4n) is 4.03. The fourth-order valence-corrected chi connectivity index (χ4v) is 4.03. The van der Waals surface area contributed by atoms with E-state index in [1.807, 2.05) is 0 Å². The number of rotatable bonds is 2. The first kappa shape index (κ1) is 12.5. The molecule has 0 saturated carbocycles. The topological polar surface area (TPSA) is 36.9 Å². The van der Waals surface area contributed by atoms with Gasteiger partial charge in [0.05, 0.1) is 5.69 Å². The zero-order valence-electron chi connectivity index (χ0n) is 12.7. The third kappa shape index (κ3) is 1.83. The Bertz CT molecular complexity index is 842. The van der Waals surface area contributed by atoms with Gasteiger partial charge in [0.25, 0.3) is 0 Å². The lowest BCUT2D eigenvalue weighted by Gasteiger charge is -2.27. The highest BCUT2D eigenvalue weighted by molar-refractivity contribution is 5.84. The predicted octanol–water partition coefficient (Wildman–Crippen LogP) is 2.87. The maximum atomic E-state index is 4.58. The third-order valence-corrected chi connectivity index (χ3v) is 5.15. The van der Waals surface area contributed by atoms with Crippen molar-refractivity contribution in [2.24, 2.45) is 0 Å². The molecule has 5 rings (SSSR count). The molecule has 2 aliphatic rings. The number of hydrogen-bond donors (Lipinski definition) is 1. The summed E-state index contributed by atoms with van der Waals surface area (Å²) in [6.07, 6.45) is 5.60. The van der Waals surface area contributed by atoms with Crippen molar-refractivity contribution in [1.82, 2.24) is 19.4 Å². The molecule has 0 atom stereocenters. The van der Waals surface area contributed by atoms with E-state index >= 15 is 0 Å². The molecule has 1 N–H and O–H groups in total. The first-order chi connectivity index (χ1) is 10.9. The molecule has 0 aliphatic carbocycles. The van der Waals surface area contributed by atoms with E-state index in [1.54, 1.807) is 0 Å². The summed E-state index contributed by atoms with van der Waals surface area (Å²) in [5, 5.41) is 1.39. The van der Waals surface area contributed by atoms with Crippen LogP contribution in [0, 0.1) is 0 Å². The van der Waals surface area contributed by atoms with E-state index in [2.05, 4.69) is 49.9 Å². The highest BCUT2D eigenvalue weighted by atomic mass is 15.2. The summed E-state index contributed by atoms with van der Waals surface area (Å²) in [4.78, 5) is 10.7. The molecular formula is C18H20N4. The van der Waals surface area contributed by atoms with Crippen molar-refractivity contribution in [1.29, 1.82) is 0 Å². The standard InChI is InChI=1S/C18H20N4/c1-2-5-16-14(4-1)15-12-21(9-7-17(15)20-16)11-13-10-19-18-6-3-8-22(13)18/h1-2,4-5,10,20H,3,6-9,11-12H2. The molecule has 2 aliphatic heterocycles. The van der Waals surface area contributed by atoms with E-state index in [1.165, 1.54) is 40.1 Å². The van der Waals surface area contributed by atoms with Crippen LogP contribution in [0.3, 0.4) is 0 Å². The number of aromatic nitrogens is 3. The number of H-pyrrole nitrogens is 1. The normalized spacial score (nSPS) is 17.8. The van der Waals surface area contributed by atoms with Crippen LogP contribution in [0.5, 0.6) is 0 Å². The van der Waals surface area contributed by atoms with Crippen molar-refractivity contribution in [3.63, 3.8) is 0 Å². The van der Waals surface area contributed by atoms with Gasteiger partial charge in [-0.1, -0.05) is 18.2 Å². The van der Waals surface area contributed by atoms with Gasteiger partial charge >= 0.3 is 0 Å². The monoisotopic (exact) mass is 292 g/mol. The van der Waals surface area contributed by atoms with Gasteiger partial charge in [-0.15, -0.1) is 0 Å². The van der Waals surface area contributed by atoms with Crippen LogP contribution in [0.15, 0.2) is 30.5 Å². The van der Waals surface area contributed by atoms with Crippen molar-refractivity contribution in [2.45, 2.75) is 38.9 Å². The summed E-state index contributed by atoms with van der Waals surface area (Å²) < 4.78 is 2.42. The van der Waals surface area contributed by atoms with Gasteiger partial charge in [-0.05, 0) is 18.1 Å². The van der Waals surface area contributed by atoms with Gasteiger partial charge < -0.3 is 9.55 Å². The number of nitrogens with one attached hydrogen (secondary N) is 1. The largest absolute Gasteiger partial charge is 0.358 e. The summed E-state index contributed by atoms with van der Waals surface area (Å²) in [6.45, 7) is 4.34. The molecule has 4 nitrogen and oxygen atoms in total. The van der Waals surface area contributed by atoms with Crippen molar-refractivity contribution >= 4 is 10.9 Å². The number of para-hydroxylation sites is 1. The van der Waals surface area contributed by atoms with Gasteiger partial charge in [-0.2, -0.15) is 0 Å². The van der Waals surface area contributed by atoms with Gasteiger partial charge in [0, 0.05) is 61.8 Å². The zero-order chi connectivity index (χ0) is 14.5. The first-order valence-electron chi connectivity index (χ1n) is 8.22. The average molecular weight is 292 g/mol. The number of nitrogens with zero attached hydrogens (tertiary/aromatic N) is 3. The van der Waals surface area contributed by atoms with Gasteiger partial charge in [0.1, 0.15) is 5.82 Å². The lowest BCUT2D eigenvalue weighted by Crippen LogP contribution is -2.30. The minimum Gasteiger partial charge on any atom is -0.358 e. The Labute approximate surface area is 129 Å². The summed E-state index contributed by atoms with van der Waals surface area (Å²) >= 11 is 0. The number of benzene rings is 1. The van der Waals surface area contributed by atoms with E-state index < -0.39 is 0 Å². The van der Waals surface area contributed by atoms with E-state index in [0.29, 0.717) is 0 Å². The van der Waals surface area contributed by atoms with Gasteiger partial charge in [0.15, 0.2) is 0 Å². The second-order valence-electron chi connectivity index (χ2n) is 6.51. The number of aromatic amines is 1. The second-order valence-corrected chi connectivity index (χ2v) is 6.51. The second kappa shape index (κ2) is 4.71. The van der Waals surface area contributed by atoms with Gasteiger partial charge in [0.2, 0.25) is 0 Å². The Morgan fingerprint density at radius 2 is 2.09 bits per heavy atom. The molecule has 4 heterocycles. The molecule has 3 aromatic rings. The maximum absolute atomic E-state index is 4.58. The Kier molecular flexibility index (Phi) is 2.67. The van der Waals surface area contributed by atoms with Crippen LogP contribution in [0.25, 0.3) is 10.9 Å². The molecule has 0 unspecified atom stereocenters. The molecule has 4 heteroatoms. The van der Waals surface area contributed by atoms with Crippen LogP contribution in [-0.2, 0) is 32.5 Å². The van der Waals surface area contributed by atoms with Crippen LogP contribution in [0.2, 0.25) is 0 Å². The third-order valence-electron chi connectivity index (χ3n) is 5.15. The van der Waals surface area contributed by atoms with Crippen molar-refractivity contribution in [3.8, 4) is 0 Å². The number of fused-ring (bicyclic) bond motifs is 4. The van der Waals surface area contributed by atoms with Crippen molar-refractivity contribution in [2.75, 3.05) is 6.54 Å². The zero-order valence-corrected chi connectivity index (χ0v) is 12.7. The Balaban J connectivity index is 1.44. The molecule has 112 valence electrons. The summed E-state index contributed by atoms with van der Waals surface area (Å²) in [7, 11) is 0. The molecule has 2 aromatic heterocycles. The van der Waals surface area contributed by atoms with Gasteiger partial charge in [-0.3, -0.25) is 4.90 Å². The fraction of sp³-hybridized carbons (Fsp3) is 0.389. The number of aryl methyl sites for hydroxylation is 1. The number of imidazole rings is 1. The molecule has 22 heavy (non-hydrogen) atoms. The molecule has 0 spiro atoms. The SMILES string of the molecule is c1ccc2c3c([nH]c2c1)CCN(Cc1cnc2n1CCC2)C3. The lowest BCUT2D eigenvalue weighted by molar-refractivity contribution is 0.239.